The minimum atomic E-state index is -0.898. The molecule has 0 bridgehead atoms. The summed E-state index contributed by atoms with van der Waals surface area (Å²) in [5.41, 5.74) is 0.815. The Balaban J connectivity index is 1.91. The fourth-order valence-corrected chi connectivity index (χ4v) is 2.88. The van der Waals surface area contributed by atoms with E-state index in [-0.39, 0.29) is 19.2 Å². The molecule has 28 heavy (non-hydrogen) atoms. The normalized spacial score (nSPS) is 17.4. The zero-order valence-corrected chi connectivity index (χ0v) is 15.9. The van der Waals surface area contributed by atoms with Crippen LogP contribution < -0.4 is 10.6 Å². The van der Waals surface area contributed by atoms with Crippen LogP contribution in [0.3, 0.4) is 0 Å². The number of ether oxygens (including phenoxy) is 1. The van der Waals surface area contributed by atoms with Crippen LogP contribution in [0, 0.1) is 5.92 Å². The molecular weight excluding hydrogens is 366 g/mol. The second kappa shape index (κ2) is 9.72. The number of carbonyl (C=O) groups excluding carboxylic acids is 3. The van der Waals surface area contributed by atoms with Gasteiger partial charge in [-0.15, -0.1) is 0 Å². The summed E-state index contributed by atoms with van der Waals surface area (Å²) in [4.78, 5) is 48.7. The number of urea groups is 1. The molecule has 1 fully saturated rings. The number of aliphatic carboxylic acids is 1. The van der Waals surface area contributed by atoms with Crippen molar-refractivity contribution in [2.24, 2.45) is 5.92 Å². The molecule has 0 aromatic heterocycles. The first-order valence-electron chi connectivity index (χ1n) is 9.18. The van der Waals surface area contributed by atoms with E-state index < -0.39 is 29.8 Å². The zero-order valence-electron chi connectivity index (χ0n) is 15.9. The number of carbonyl (C=O) groups is 4. The van der Waals surface area contributed by atoms with E-state index in [1.165, 1.54) is 24.0 Å². The summed E-state index contributed by atoms with van der Waals surface area (Å²) in [7, 11) is 0. The Kier molecular flexibility index (Phi) is 7.36. The van der Waals surface area contributed by atoms with Crippen molar-refractivity contribution in [1.82, 2.24) is 10.2 Å². The summed E-state index contributed by atoms with van der Waals surface area (Å²) in [6, 6.07) is 5.05. The minimum Gasteiger partial charge on any atom is -0.481 e. The van der Waals surface area contributed by atoms with E-state index in [4.69, 9.17) is 9.84 Å². The molecule has 2 atom stereocenters. The van der Waals surface area contributed by atoms with E-state index in [1.807, 2.05) is 0 Å². The van der Waals surface area contributed by atoms with Gasteiger partial charge in [-0.3, -0.25) is 9.59 Å². The van der Waals surface area contributed by atoms with Gasteiger partial charge in [-0.2, -0.15) is 0 Å². The van der Waals surface area contributed by atoms with Crippen molar-refractivity contribution in [3.8, 4) is 0 Å². The van der Waals surface area contributed by atoms with Crippen molar-refractivity contribution < 1.29 is 29.0 Å². The number of nitrogens with one attached hydrogen (secondary N) is 2. The molecule has 9 heteroatoms. The molecule has 2 unspecified atom stereocenters. The Hall–Kier alpha value is -3.10. The molecule has 2 rings (SSSR count). The maximum absolute atomic E-state index is 12.3. The number of hydrogen-bond donors (Lipinski definition) is 3. The van der Waals surface area contributed by atoms with Gasteiger partial charge in [0.15, 0.2) is 0 Å². The Labute approximate surface area is 163 Å². The molecular formula is C19H25N3O6. The van der Waals surface area contributed by atoms with Crippen LogP contribution in [0.15, 0.2) is 24.3 Å². The third-order valence-electron chi connectivity index (χ3n) is 4.44. The van der Waals surface area contributed by atoms with Gasteiger partial charge in [0.1, 0.15) is 6.04 Å². The number of esters is 1. The second-order valence-electron chi connectivity index (χ2n) is 6.58. The average Bonchev–Trinajstić information content (AvgIpc) is 2.68. The van der Waals surface area contributed by atoms with Crippen LogP contribution in [-0.4, -0.2) is 59.6 Å². The lowest BCUT2D eigenvalue weighted by Crippen LogP contribution is -2.44. The number of nitrogens with zero attached hydrogens (tertiary/aromatic N) is 1. The lowest BCUT2D eigenvalue weighted by atomic mass is 9.99. The topological polar surface area (TPSA) is 125 Å². The number of carboxylic acids is 1. The standard InChI is InChI=1S/C19H25N3O6/c1-3-28-18(26)12(2)20-16(23)13-6-8-15(9-7-13)21-19(27)22-10-4-5-14(11-22)17(24)25/h6-9,12,14H,3-5,10-11H2,1-2H3,(H,20,23)(H,21,27)(H,24,25). The first kappa shape index (κ1) is 21.2. The summed E-state index contributed by atoms with van der Waals surface area (Å²) in [6.45, 7) is 4.13. The van der Waals surface area contributed by atoms with E-state index in [9.17, 15) is 19.2 Å². The van der Waals surface area contributed by atoms with Crippen LogP contribution in [0.5, 0.6) is 0 Å². The van der Waals surface area contributed by atoms with Gasteiger partial charge in [-0.1, -0.05) is 0 Å². The number of anilines is 1. The lowest BCUT2D eigenvalue weighted by molar-refractivity contribution is -0.145. The van der Waals surface area contributed by atoms with E-state index in [0.717, 1.165) is 0 Å². The third kappa shape index (κ3) is 5.70. The van der Waals surface area contributed by atoms with Gasteiger partial charge in [0.2, 0.25) is 0 Å². The van der Waals surface area contributed by atoms with Crippen molar-refractivity contribution in [3.63, 3.8) is 0 Å². The van der Waals surface area contributed by atoms with E-state index in [2.05, 4.69) is 10.6 Å². The third-order valence-corrected chi connectivity index (χ3v) is 4.44. The lowest BCUT2D eigenvalue weighted by Gasteiger charge is -2.30. The van der Waals surface area contributed by atoms with E-state index in [1.54, 1.807) is 19.1 Å². The van der Waals surface area contributed by atoms with E-state index >= 15 is 0 Å². The molecule has 1 saturated heterocycles. The number of hydrogen-bond acceptors (Lipinski definition) is 5. The zero-order chi connectivity index (χ0) is 20.7. The first-order chi connectivity index (χ1) is 13.3. The summed E-state index contributed by atoms with van der Waals surface area (Å²) < 4.78 is 4.84. The number of likely N-dealkylation sites (tertiary alicyclic amines) is 1. The molecule has 1 aromatic carbocycles. The van der Waals surface area contributed by atoms with Crippen LogP contribution >= 0.6 is 0 Å². The molecule has 9 nitrogen and oxygen atoms in total. The van der Waals surface area contributed by atoms with Gasteiger partial charge in [-0.25, -0.2) is 9.59 Å². The van der Waals surface area contributed by atoms with Gasteiger partial charge in [0, 0.05) is 24.3 Å². The van der Waals surface area contributed by atoms with Gasteiger partial charge in [-0.05, 0) is 51.0 Å². The van der Waals surface area contributed by atoms with Crippen molar-refractivity contribution in [2.75, 3.05) is 25.0 Å². The highest BCUT2D eigenvalue weighted by Crippen LogP contribution is 2.18. The fraction of sp³-hybridized carbons (Fsp3) is 0.474. The smallest absolute Gasteiger partial charge is 0.328 e. The van der Waals surface area contributed by atoms with E-state index in [0.29, 0.717) is 30.6 Å². The Morgan fingerprint density at radius 1 is 1.25 bits per heavy atom. The number of rotatable bonds is 6. The van der Waals surface area contributed by atoms with Crippen LogP contribution in [0.1, 0.15) is 37.0 Å². The number of carboxylic acid groups (broad SMARTS) is 1. The molecule has 3 N–H and O–H groups in total. The molecule has 0 radical (unpaired) electrons. The minimum absolute atomic E-state index is 0.174. The molecule has 0 saturated carbocycles. The Morgan fingerprint density at radius 2 is 1.93 bits per heavy atom. The Bertz CT molecular complexity index is 734. The number of piperidine rings is 1. The van der Waals surface area contributed by atoms with Crippen LogP contribution in [-0.2, 0) is 14.3 Å². The summed E-state index contributed by atoms with van der Waals surface area (Å²) >= 11 is 0. The molecule has 1 aromatic rings. The second-order valence-corrected chi connectivity index (χ2v) is 6.58. The van der Waals surface area contributed by atoms with Gasteiger partial charge in [0.25, 0.3) is 5.91 Å². The maximum atomic E-state index is 12.3. The van der Waals surface area contributed by atoms with Crippen LogP contribution in [0.4, 0.5) is 10.5 Å². The quantitative estimate of drug-likeness (QED) is 0.634. The van der Waals surface area contributed by atoms with Crippen molar-refractivity contribution >= 4 is 29.6 Å². The molecule has 152 valence electrons. The van der Waals surface area contributed by atoms with Crippen molar-refractivity contribution in [3.05, 3.63) is 29.8 Å². The molecule has 1 heterocycles. The first-order valence-corrected chi connectivity index (χ1v) is 9.18. The van der Waals surface area contributed by atoms with Crippen molar-refractivity contribution in [1.29, 1.82) is 0 Å². The Morgan fingerprint density at radius 3 is 2.54 bits per heavy atom. The largest absolute Gasteiger partial charge is 0.481 e. The highest BCUT2D eigenvalue weighted by molar-refractivity contribution is 5.97. The SMILES string of the molecule is CCOC(=O)C(C)NC(=O)c1ccc(NC(=O)N2CCCC(C(=O)O)C2)cc1. The molecule has 0 spiro atoms. The predicted molar refractivity (Wildman–Crippen MR) is 101 cm³/mol. The molecule has 1 aliphatic heterocycles. The predicted octanol–water partition coefficient (Wildman–Crippen LogP) is 1.70. The molecule has 0 aliphatic carbocycles. The highest BCUT2D eigenvalue weighted by atomic mass is 16.5. The van der Waals surface area contributed by atoms with Gasteiger partial charge < -0.3 is 25.4 Å². The number of benzene rings is 1. The fourth-order valence-electron chi connectivity index (χ4n) is 2.88. The monoisotopic (exact) mass is 391 g/mol. The van der Waals surface area contributed by atoms with Gasteiger partial charge >= 0.3 is 18.0 Å². The molecule has 3 amide bonds. The number of amides is 3. The van der Waals surface area contributed by atoms with Gasteiger partial charge in [0.05, 0.1) is 12.5 Å². The van der Waals surface area contributed by atoms with Crippen LogP contribution in [0.2, 0.25) is 0 Å². The maximum Gasteiger partial charge on any atom is 0.328 e. The van der Waals surface area contributed by atoms with Crippen molar-refractivity contribution in [2.45, 2.75) is 32.7 Å². The molecule has 1 aliphatic rings. The van der Waals surface area contributed by atoms with Crippen LogP contribution in [0.25, 0.3) is 0 Å². The average molecular weight is 391 g/mol. The summed E-state index contributed by atoms with van der Waals surface area (Å²) in [6.07, 6.45) is 1.20. The summed E-state index contributed by atoms with van der Waals surface area (Å²) in [5, 5.41) is 14.4. The summed E-state index contributed by atoms with van der Waals surface area (Å²) in [5.74, 6) is -2.39. The highest BCUT2D eigenvalue weighted by Gasteiger charge is 2.28.